The SMILES string of the molecule is CC(=O)CCCCCC(=O)NO. The van der Waals surface area contributed by atoms with Gasteiger partial charge in [0.05, 0.1) is 0 Å². The third-order valence-corrected chi connectivity index (χ3v) is 1.56. The fraction of sp³-hybridized carbons (Fsp3) is 0.750. The number of nitrogens with one attached hydrogen (secondary N) is 1. The summed E-state index contributed by atoms with van der Waals surface area (Å²) in [5, 5.41) is 8.13. The van der Waals surface area contributed by atoms with Gasteiger partial charge in [0, 0.05) is 12.8 Å². The van der Waals surface area contributed by atoms with Crippen LogP contribution in [0.1, 0.15) is 39.0 Å². The van der Waals surface area contributed by atoms with Gasteiger partial charge in [0.1, 0.15) is 5.78 Å². The maximum absolute atomic E-state index is 10.5. The van der Waals surface area contributed by atoms with E-state index in [9.17, 15) is 9.59 Å². The minimum absolute atomic E-state index is 0.182. The molecule has 0 aliphatic heterocycles. The van der Waals surface area contributed by atoms with E-state index in [-0.39, 0.29) is 11.7 Å². The van der Waals surface area contributed by atoms with Crippen LogP contribution in [0.15, 0.2) is 0 Å². The van der Waals surface area contributed by atoms with Crippen molar-refractivity contribution >= 4 is 11.7 Å². The number of amides is 1. The Labute approximate surface area is 71.9 Å². The highest BCUT2D eigenvalue weighted by atomic mass is 16.5. The quantitative estimate of drug-likeness (QED) is 0.358. The summed E-state index contributed by atoms with van der Waals surface area (Å²) >= 11 is 0. The van der Waals surface area contributed by atoms with Crippen LogP contribution in [0.2, 0.25) is 0 Å². The first-order valence-corrected chi connectivity index (χ1v) is 4.09. The van der Waals surface area contributed by atoms with Crippen molar-refractivity contribution in [3.63, 3.8) is 0 Å². The average molecular weight is 173 g/mol. The van der Waals surface area contributed by atoms with Crippen LogP contribution in [-0.2, 0) is 9.59 Å². The molecule has 0 spiro atoms. The standard InChI is InChI=1S/C8H15NO3/c1-7(10)5-3-2-4-6-8(11)9-12/h12H,2-6H2,1H3,(H,9,11). The topological polar surface area (TPSA) is 66.4 Å². The van der Waals surface area contributed by atoms with E-state index in [0.29, 0.717) is 12.8 Å². The number of hydrogen-bond donors (Lipinski definition) is 2. The summed E-state index contributed by atoms with van der Waals surface area (Å²) in [5.41, 5.74) is 1.56. The highest BCUT2D eigenvalue weighted by Crippen LogP contribution is 2.02. The molecular formula is C8H15NO3. The molecule has 0 saturated heterocycles. The van der Waals surface area contributed by atoms with Crippen molar-refractivity contribution < 1.29 is 14.8 Å². The van der Waals surface area contributed by atoms with Crippen LogP contribution in [0.4, 0.5) is 0 Å². The van der Waals surface area contributed by atoms with E-state index in [1.54, 1.807) is 12.4 Å². The Bertz CT molecular complexity index is 156. The second-order valence-electron chi connectivity index (χ2n) is 2.80. The Hall–Kier alpha value is -0.900. The molecule has 0 fully saturated rings. The summed E-state index contributed by atoms with van der Waals surface area (Å²) < 4.78 is 0. The fourth-order valence-corrected chi connectivity index (χ4v) is 0.892. The summed E-state index contributed by atoms with van der Waals surface area (Å²) in [7, 11) is 0. The van der Waals surface area contributed by atoms with Crippen molar-refractivity contribution in [3.8, 4) is 0 Å². The summed E-state index contributed by atoms with van der Waals surface area (Å²) in [4.78, 5) is 21.0. The molecule has 12 heavy (non-hydrogen) atoms. The second-order valence-corrected chi connectivity index (χ2v) is 2.80. The van der Waals surface area contributed by atoms with Crippen LogP contribution < -0.4 is 5.48 Å². The molecule has 4 nitrogen and oxygen atoms in total. The number of hydrogen-bond acceptors (Lipinski definition) is 3. The van der Waals surface area contributed by atoms with Gasteiger partial charge in [-0.2, -0.15) is 0 Å². The molecule has 0 aromatic rings. The zero-order valence-corrected chi connectivity index (χ0v) is 7.30. The van der Waals surface area contributed by atoms with Crippen LogP contribution >= 0.6 is 0 Å². The molecule has 0 unspecified atom stereocenters. The Morgan fingerprint density at radius 2 is 1.75 bits per heavy atom. The van der Waals surface area contributed by atoms with E-state index in [2.05, 4.69) is 0 Å². The van der Waals surface area contributed by atoms with Gasteiger partial charge in [-0.3, -0.25) is 10.0 Å². The minimum Gasteiger partial charge on any atom is -0.300 e. The number of unbranched alkanes of at least 4 members (excludes halogenated alkanes) is 2. The van der Waals surface area contributed by atoms with Gasteiger partial charge in [-0.25, -0.2) is 5.48 Å². The lowest BCUT2D eigenvalue weighted by Gasteiger charge is -1.97. The summed E-state index contributed by atoms with van der Waals surface area (Å²) in [6.45, 7) is 1.56. The van der Waals surface area contributed by atoms with Crippen LogP contribution in [0.3, 0.4) is 0 Å². The van der Waals surface area contributed by atoms with Gasteiger partial charge >= 0.3 is 0 Å². The van der Waals surface area contributed by atoms with Gasteiger partial charge in [-0.1, -0.05) is 6.42 Å². The monoisotopic (exact) mass is 173 g/mol. The van der Waals surface area contributed by atoms with E-state index in [4.69, 9.17) is 5.21 Å². The normalized spacial score (nSPS) is 9.50. The Morgan fingerprint density at radius 1 is 1.17 bits per heavy atom. The first-order valence-electron chi connectivity index (χ1n) is 4.09. The molecule has 0 rings (SSSR count). The highest BCUT2D eigenvalue weighted by Gasteiger charge is 1.98. The minimum atomic E-state index is -0.363. The Balaban J connectivity index is 3.11. The van der Waals surface area contributed by atoms with Crippen LogP contribution in [0, 0.1) is 0 Å². The van der Waals surface area contributed by atoms with Crippen LogP contribution in [-0.4, -0.2) is 16.9 Å². The molecule has 0 aliphatic carbocycles. The van der Waals surface area contributed by atoms with Crippen LogP contribution in [0.25, 0.3) is 0 Å². The van der Waals surface area contributed by atoms with Crippen LogP contribution in [0.5, 0.6) is 0 Å². The van der Waals surface area contributed by atoms with E-state index in [0.717, 1.165) is 19.3 Å². The van der Waals surface area contributed by atoms with Crippen molar-refractivity contribution in [2.45, 2.75) is 39.0 Å². The van der Waals surface area contributed by atoms with Gasteiger partial charge in [0.2, 0.25) is 5.91 Å². The highest BCUT2D eigenvalue weighted by molar-refractivity contribution is 5.75. The number of ketones is 1. The number of hydroxylamine groups is 1. The summed E-state index contributed by atoms with van der Waals surface area (Å²) in [5.74, 6) is -0.181. The van der Waals surface area contributed by atoms with Gasteiger partial charge in [0.15, 0.2) is 0 Å². The molecule has 1 amide bonds. The lowest BCUT2D eigenvalue weighted by molar-refractivity contribution is -0.129. The smallest absolute Gasteiger partial charge is 0.243 e. The molecule has 0 aliphatic rings. The number of carbonyl (C=O) groups is 2. The second kappa shape index (κ2) is 6.79. The summed E-state index contributed by atoms with van der Waals surface area (Å²) in [6.07, 6.45) is 3.32. The molecule has 0 heterocycles. The maximum atomic E-state index is 10.5. The Kier molecular flexibility index (Phi) is 6.28. The molecule has 0 aromatic heterocycles. The maximum Gasteiger partial charge on any atom is 0.243 e. The van der Waals surface area contributed by atoms with E-state index >= 15 is 0 Å². The molecule has 4 heteroatoms. The van der Waals surface area contributed by atoms with Crippen molar-refractivity contribution in [3.05, 3.63) is 0 Å². The third kappa shape index (κ3) is 7.21. The zero-order chi connectivity index (χ0) is 9.40. The summed E-state index contributed by atoms with van der Waals surface area (Å²) in [6, 6.07) is 0. The lowest BCUT2D eigenvalue weighted by Crippen LogP contribution is -2.17. The number of rotatable bonds is 6. The molecule has 0 aromatic carbocycles. The fourth-order valence-electron chi connectivity index (χ4n) is 0.892. The number of carbonyl (C=O) groups excluding carboxylic acids is 2. The van der Waals surface area contributed by atoms with Crippen molar-refractivity contribution in [1.29, 1.82) is 0 Å². The largest absolute Gasteiger partial charge is 0.300 e. The lowest BCUT2D eigenvalue weighted by atomic mass is 10.1. The molecule has 0 radical (unpaired) electrons. The van der Waals surface area contributed by atoms with E-state index < -0.39 is 0 Å². The van der Waals surface area contributed by atoms with Gasteiger partial charge in [0.25, 0.3) is 0 Å². The molecule has 0 saturated carbocycles. The van der Waals surface area contributed by atoms with Gasteiger partial charge < -0.3 is 4.79 Å². The predicted molar refractivity (Wildman–Crippen MR) is 43.7 cm³/mol. The van der Waals surface area contributed by atoms with Gasteiger partial charge in [-0.15, -0.1) is 0 Å². The van der Waals surface area contributed by atoms with Gasteiger partial charge in [-0.05, 0) is 19.8 Å². The molecule has 0 atom stereocenters. The first-order chi connectivity index (χ1) is 5.66. The Morgan fingerprint density at radius 3 is 2.25 bits per heavy atom. The first kappa shape index (κ1) is 11.1. The van der Waals surface area contributed by atoms with E-state index in [1.807, 2.05) is 0 Å². The van der Waals surface area contributed by atoms with Crippen molar-refractivity contribution in [2.24, 2.45) is 0 Å². The third-order valence-electron chi connectivity index (χ3n) is 1.56. The van der Waals surface area contributed by atoms with Crippen molar-refractivity contribution in [1.82, 2.24) is 5.48 Å². The van der Waals surface area contributed by atoms with E-state index in [1.165, 1.54) is 0 Å². The molecule has 70 valence electrons. The zero-order valence-electron chi connectivity index (χ0n) is 7.30. The molecule has 2 N–H and O–H groups in total. The molecular weight excluding hydrogens is 158 g/mol. The average Bonchev–Trinajstić information content (AvgIpc) is 2.03. The van der Waals surface area contributed by atoms with Crippen molar-refractivity contribution in [2.75, 3.05) is 0 Å². The predicted octanol–water partition coefficient (Wildman–Crippen LogP) is 1.03. The molecule has 0 bridgehead atoms. The number of Topliss-reactive ketones (excluding diaryl/α,β-unsaturated/α-hetero) is 1.